The van der Waals surface area contributed by atoms with Crippen LogP contribution in [-0.4, -0.2) is 53.2 Å². The summed E-state index contributed by atoms with van der Waals surface area (Å²) in [5.41, 5.74) is -0.268. The highest BCUT2D eigenvalue weighted by molar-refractivity contribution is 6.02. The fraction of sp³-hybridized carbons (Fsp3) is 0.263. The molecule has 0 aliphatic rings. The molecule has 0 unspecified atom stereocenters. The van der Waals surface area contributed by atoms with Crippen LogP contribution in [0.25, 0.3) is 0 Å². The minimum atomic E-state index is -1.43. The summed E-state index contributed by atoms with van der Waals surface area (Å²) in [6.07, 6.45) is -0.760. The van der Waals surface area contributed by atoms with Gasteiger partial charge in [0.15, 0.2) is 0 Å². The molecule has 0 saturated carbocycles. The van der Waals surface area contributed by atoms with Gasteiger partial charge in [0.25, 0.3) is 0 Å². The lowest BCUT2D eigenvalue weighted by molar-refractivity contribution is -0.117. The summed E-state index contributed by atoms with van der Waals surface area (Å²) in [5, 5.41) is 23.4. The summed E-state index contributed by atoms with van der Waals surface area (Å²) in [6.45, 7) is 10.1. The van der Waals surface area contributed by atoms with Gasteiger partial charge in [-0.15, -0.1) is 0 Å². The Morgan fingerprint density at radius 3 is 1.79 bits per heavy atom. The average Bonchev–Trinajstić information content (AvgIpc) is 2.62. The number of carboxylic acids is 2. The number of rotatable bonds is 10. The van der Waals surface area contributed by atoms with Crippen LogP contribution in [0.1, 0.15) is 34.6 Å². The van der Waals surface area contributed by atoms with Gasteiger partial charge in [-0.3, -0.25) is 9.59 Å². The topological polar surface area (TPSA) is 142 Å². The lowest BCUT2D eigenvalue weighted by atomic mass is 10.1. The van der Waals surface area contributed by atoms with E-state index in [1.807, 2.05) is 0 Å². The third-order valence-electron chi connectivity index (χ3n) is 3.51. The van der Waals surface area contributed by atoms with Gasteiger partial charge in [0, 0.05) is 11.1 Å². The number of carbonyl (C=O) groups is 4. The summed E-state index contributed by atoms with van der Waals surface area (Å²) < 4.78 is 5.66. The third-order valence-corrected chi connectivity index (χ3v) is 3.51. The molecule has 0 radical (unpaired) electrons. The highest BCUT2D eigenvalue weighted by atomic mass is 16.5. The molecule has 1 aromatic rings. The van der Waals surface area contributed by atoms with Gasteiger partial charge in [0.05, 0.1) is 24.2 Å². The van der Waals surface area contributed by atoms with Gasteiger partial charge >= 0.3 is 11.9 Å². The van der Waals surface area contributed by atoms with Crippen molar-refractivity contribution in [3.63, 3.8) is 0 Å². The molecule has 0 atom stereocenters. The van der Waals surface area contributed by atoms with Crippen LogP contribution >= 0.6 is 0 Å². The Bertz CT molecular complexity index is 800. The molecular formula is C19H22N2O7. The largest absolute Gasteiger partial charge is 0.487 e. The standard InChI is InChI=1S/C19H22N2O7/c1-10(2)16(22)20-8-13(9-21-17(23)11(3)4)28-12-5-6-14(18(24)25)15(7-12)19(26)27/h5-7,13H,1,3,8-9H2,2,4H3,(H,20,22)(H,21,23)(H,24,25)(H,26,27). The smallest absolute Gasteiger partial charge is 0.336 e. The second kappa shape index (κ2) is 9.91. The lowest BCUT2D eigenvalue weighted by Crippen LogP contribution is -2.43. The van der Waals surface area contributed by atoms with E-state index in [1.165, 1.54) is 19.9 Å². The van der Waals surface area contributed by atoms with Crippen LogP contribution in [0.3, 0.4) is 0 Å². The fourth-order valence-electron chi connectivity index (χ4n) is 2.02. The summed E-state index contributed by atoms with van der Waals surface area (Å²) in [7, 11) is 0. The first-order valence-electron chi connectivity index (χ1n) is 8.17. The predicted octanol–water partition coefficient (Wildman–Crippen LogP) is 1.22. The van der Waals surface area contributed by atoms with Crippen LogP contribution < -0.4 is 15.4 Å². The molecule has 150 valence electrons. The van der Waals surface area contributed by atoms with E-state index in [0.717, 1.165) is 12.1 Å². The molecule has 0 aliphatic carbocycles. The predicted molar refractivity (Wildman–Crippen MR) is 100 cm³/mol. The first-order chi connectivity index (χ1) is 13.0. The minimum absolute atomic E-state index is 0.00868. The Morgan fingerprint density at radius 1 is 0.929 bits per heavy atom. The third kappa shape index (κ3) is 6.60. The molecule has 0 aromatic heterocycles. The van der Waals surface area contributed by atoms with Crippen molar-refractivity contribution in [2.75, 3.05) is 13.1 Å². The Labute approximate surface area is 161 Å². The summed E-state index contributed by atoms with van der Waals surface area (Å²) in [6, 6.07) is 3.47. The number of ether oxygens (including phenoxy) is 1. The Balaban J connectivity index is 3.01. The van der Waals surface area contributed by atoms with E-state index < -0.39 is 35.4 Å². The van der Waals surface area contributed by atoms with Gasteiger partial charge in [-0.1, -0.05) is 13.2 Å². The van der Waals surface area contributed by atoms with Crippen LogP contribution in [0.5, 0.6) is 5.75 Å². The van der Waals surface area contributed by atoms with Crippen molar-refractivity contribution < 1.29 is 34.1 Å². The summed E-state index contributed by atoms with van der Waals surface area (Å²) in [5.74, 6) is -3.56. The van der Waals surface area contributed by atoms with Crippen LogP contribution in [0, 0.1) is 0 Å². The molecular weight excluding hydrogens is 368 g/mol. The van der Waals surface area contributed by atoms with Gasteiger partial charge in [-0.25, -0.2) is 9.59 Å². The molecule has 9 heteroatoms. The van der Waals surface area contributed by atoms with Crippen molar-refractivity contribution in [2.24, 2.45) is 0 Å². The number of nitrogens with one attached hydrogen (secondary N) is 2. The second-order valence-corrected chi connectivity index (χ2v) is 6.04. The number of aromatic carboxylic acids is 2. The highest BCUT2D eigenvalue weighted by Crippen LogP contribution is 2.19. The van der Waals surface area contributed by atoms with E-state index in [2.05, 4.69) is 23.8 Å². The van der Waals surface area contributed by atoms with Crippen LogP contribution in [-0.2, 0) is 9.59 Å². The zero-order valence-electron chi connectivity index (χ0n) is 15.6. The number of hydrogen-bond donors (Lipinski definition) is 4. The molecule has 9 nitrogen and oxygen atoms in total. The second-order valence-electron chi connectivity index (χ2n) is 6.04. The SMILES string of the molecule is C=C(C)C(=O)NCC(CNC(=O)C(=C)C)Oc1ccc(C(=O)O)c(C(=O)O)c1. The van der Waals surface area contributed by atoms with Gasteiger partial charge in [-0.2, -0.15) is 0 Å². The number of hydrogen-bond acceptors (Lipinski definition) is 5. The van der Waals surface area contributed by atoms with Crippen molar-refractivity contribution >= 4 is 23.8 Å². The van der Waals surface area contributed by atoms with Crippen molar-refractivity contribution in [1.82, 2.24) is 10.6 Å². The molecule has 1 rings (SSSR count). The molecule has 0 bridgehead atoms. The van der Waals surface area contributed by atoms with Crippen molar-refractivity contribution in [3.05, 3.63) is 53.6 Å². The first-order valence-corrected chi connectivity index (χ1v) is 8.17. The summed E-state index contributed by atoms with van der Waals surface area (Å²) >= 11 is 0. The number of carbonyl (C=O) groups excluding carboxylic acids is 2. The maximum Gasteiger partial charge on any atom is 0.336 e. The Hall–Kier alpha value is -3.62. The van der Waals surface area contributed by atoms with Gasteiger partial charge in [0.2, 0.25) is 11.8 Å². The van der Waals surface area contributed by atoms with Crippen LogP contribution in [0.15, 0.2) is 42.5 Å². The zero-order chi connectivity index (χ0) is 21.4. The molecule has 1 aromatic carbocycles. The molecule has 0 fully saturated rings. The molecule has 0 spiro atoms. The van der Waals surface area contributed by atoms with Gasteiger partial charge in [-0.05, 0) is 32.0 Å². The number of carboxylic acid groups (broad SMARTS) is 2. The van der Waals surface area contributed by atoms with Gasteiger partial charge < -0.3 is 25.6 Å². The zero-order valence-corrected chi connectivity index (χ0v) is 15.6. The highest BCUT2D eigenvalue weighted by Gasteiger charge is 2.19. The summed E-state index contributed by atoms with van der Waals surface area (Å²) in [4.78, 5) is 45.8. The number of amides is 2. The quantitative estimate of drug-likeness (QED) is 0.440. The first kappa shape index (κ1) is 22.4. The monoisotopic (exact) mass is 390 g/mol. The van der Waals surface area contributed by atoms with E-state index in [0.29, 0.717) is 0 Å². The van der Waals surface area contributed by atoms with E-state index in [4.69, 9.17) is 9.84 Å². The molecule has 0 heterocycles. The molecule has 0 aliphatic heterocycles. The van der Waals surface area contributed by atoms with E-state index in [1.54, 1.807) is 0 Å². The van der Waals surface area contributed by atoms with E-state index in [-0.39, 0.29) is 35.5 Å². The molecule has 2 amide bonds. The maximum atomic E-state index is 11.7. The average molecular weight is 390 g/mol. The Kier molecular flexibility index (Phi) is 7.93. The van der Waals surface area contributed by atoms with Crippen molar-refractivity contribution in [1.29, 1.82) is 0 Å². The van der Waals surface area contributed by atoms with Crippen molar-refractivity contribution in [2.45, 2.75) is 20.0 Å². The van der Waals surface area contributed by atoms with Crippen molar-refractivity contribution in [3.8, 4) is 5.75 Å². The Morgan fingerprint density at radius 2 is 1.39 bits per heavy atom. The van der Waals surface area contributed by atoms with E-state index in [9.17, 15) is 24.3 Å². The van der Waals surface area contributed by atoms with Gasteiger partial charge in [0.1, 0.15) is 11.9 Å². The minimum Gasteiger partial charge on any atom is -0.487 e. The number of benzene rings is 1. The molecule has 4 N–H and O–H groups in total. The normalized spacial score (nSPS) is 10.1. The lowest BCUT2D eigenvalue weighted by Gasteiger charge is -2.21. The maximum absolute atomic E-state index is 11.7. The van der Waals surface area contributed by atoms with Crippen LogP contribution in [0.2, 0.25) is 0 Å². The van der Waals surface area contributed by atoms with Crippen LogP contribution in [0.4, 0.5) is 0 Å². The molecule has 28 heavy (non-hydrogen) atoms. The van der Waals surface area contributed by atoms with E-state index >= 15 is 0 Å². The fourth-order valence-corrected chi connectivity index (χ4v) is 2.02. The molecule has 0 saturated heterocycles.